The average molecular weight is 359 g/mol. The summed E-state index contributed by atoms with van der Waals surface area (Å²) in [5.41, 5.74) is 13.0. The Hall–Kier alpha value is -2.74. The quantitative estimate of drug-likeness (QED) is 0.777. The standard InChI is InChI=1S/C18H25N5O3/c1-11(2)7-18(4,20)9-25-16-12(3)5-13(8-21-16)14-6-15(23-10-22-14)26-17(19)24/h5-6,8,10-11H,7,9,20H2,1-4H3,(H2,19,24). The van der Waals surface area contributed by atoms with Crippen LogP contribution in [0.2, 0.25) is 0 Å². The van der Waals surface area contributed by atoms with E-state index in [9.17, 15) is 4.79 Å². The van der Waals surface area contributed by atoms with Gasteiger partial charge in [-0.3, -0.25) is 0 Å². The van der Waals surface area contributed by atoms with Gasteiger partial charge < -0.3 is 20.9 Å². The minimum atomic E-state index is -0.932. The molecule has 1 atom stereocenters. The second kappa shape index (κ2) is 8.09. The van der Waals surface area contributed by atoms with Crippen molar-refractivity contribution in [2.75, 3.05) is 6.61 Å². The van der Waals surface area contributed by atoms with Gasteiger partial charge in [-0.2, -0.15) is 0 Å². The highest BCUT2D eigenvalue weighted by Gasteiger charge is 2.21. The van der Waals surface area contributed by atoms with Gasteiger partial charge in [0.25, 0.3) is 0 Å². The van der Waals surface area contributed by atoms with E-state index in [0.717, 1.165) is 17.5 Å². The van der Waals surface area contributed by atoms with Gasteiger partial charge in [0.05, 0.1) is 5.69 Å². The number of pyridine rings is 1. The molecule has 0 fully saturated rings. The van der Waals surface area contributed by atoms with Gasteiger partial charge in [0.15, 0.2) is 0 Å². The Morgan fingerprint density at radius 3 is 2.62 bits per heavy atom. The zero-order valence-corrected chi connectivity index (χ0v) is 15.5. The van der Waals surface area contributed by atoms with Crippen molar-refractivity contribution in [1.82, 2.24) is 15.0 Å². The van der Waals surface area contributed by atoms with Crippen molar-refractivity contribution in [2.24, 2.45) is 17.4 Å². The molecule has 2 aromatic heterocycles. The summed E-state index contributed by atoms with van der Waals surface area (Å²) < 4.78 is 10.6. The third-order valence-electron chi connectivity index (χ3n) is 3.59. The van der Waals surface area contributed by atoms with E-state index in [1.807, 2.05) is 19.9 Å². The number of nitrogens with two attached hydrogens (primary N) is 2. The van der Waals surface area contributed by atoms with Gasteiger partial charge in [0, 0.05) is 28.9 Å². The molecule has 0 spiro atoms. The number of ether oxygens (including phenoxy) is 2. The van der Waals surface area contributed by atoms with Crippen LogP contribution in [0.1, 0.15) is 32.8 Å². The number of aromatic nitrogens is 3. The Bertz CT molecular complexity index is 777. The molecule has 140 valence electrons. The van der Waals surface area contributed by atoms with E-state index < -0.39 is 11.6 Å². The summed E-state index contributed by atoms with van der Waals surface area (Å²) in [5, 5.41) is 0. The molecule has 0 aliphatic carbocycles. The lowest BCUT2D eigenvalue weighted by Gasteiger charge is -2.26. The topological polar surface area (TPSA) is 126 Å². The summed E-state index contributed by atoms with van der Waals surface area (Å²) in [6.45, 7) is 8.49. The van der Waals surface area contributed by atoms with Gasteiger partial charge in [-0.25, -0.2) is 19.7 Å². The van der Waals surface area contributed by atoms with Crippen LogP contribution < -0.4 is 20.9 Å². The maximum absolute atomic E-state index is 10.8. The van der Waals surface area contributed by atoms with Crippen LogP contribution in [0.15, 0.2) is 24.7 Å². The van der Waals surface area contributed by atoms with E-state index in [1.165, 1.54) is 12.4 Å². The predicted octanol–water partition coefficient (Wildman–Crippen LogP) is 2.45. The van der Waals surface area contributed by atoms with Gasteiger partial charge >= 0.3 is 6.09 Å². The van der Waals surface area contributed by atoms with Crippen LogP contribution in [0.4, 0.5) is 4.79 Å². The molecule has 8 heteroatoms. The van der Waals surface area contributed by atoms with E-state index in [1.54, 1.807) is 6.20 Å². The van der Waals surface area contributed by atoms with Crippen LogP contribution >= 0.6 is 0 Å². The summed E-state index contributed by atoms with van der Waals surface area (Å²) in [6.07, 6.45) is 2.85. The van der Waals surface area contributed by atoms with Crippen molar-refractivity contribution in [3.8, 4) is 23.0 Å². The SMILES string of the molecule is Cc1cc(-c2cc(OC(N)=O)ncn2)cnc1OCC(C)(N)CC(C)C. The number of nitrogens with zero attached hydrogens (tertiary/aromatic N) is 3. The maximum Gasteiger partial charge on any atom is 0.411 e. The molecule has 2 aromatic rings. The first kappa shape index (κ1) is 19.6. The molecular formula is C18H25N5O3. The summed E-state index contributed by atoms with van der Waals surface area (Å²) in [4.78, 5) is 23.2. The molecule has 8 nitrogen and oxygen atoms in total. The van der Waals surface area contributed by atoms with Gasteiger partial charge in [0.2, 0.25) is 11.8 Å². The summed E-state index contributed by atoms with van der Waals surface area (Å²) in [7, 11) is 0. The lowest BCUT2D eigenvalue weighted by molar-refractivity contribution is 0.199. The Kier molecular flexibility index (Phi) is 6.10. The molecular weight excluding hydrogens is 334 g/mol. The Labute approximate surface area is 153 Å². The normalized spacial score (nSPS) is 13.3. The number of aryl methyl sites for hydroxylation is 1. The number of carbonyl (C=O) groups is 1. The largest absolute Gasteiger partial charge is 0.476 e. The third-order valence-corrected chi connectivity index (χ3v) is 3.59. The highest BCUT2D eigenvalue weighted by atomic mass is 16.6. The van der Waals surface area contributed by atoms with Crippen LogP contribution in [0.5, 0.6) is 11.8 Å². The van der Waals surface area contributed by atoms with Crippen molar-refractivity contribution in [3.63, 3.8) is 0 Å². The van der Waals surface area contributed by atoms with Crippen molar-refractivity contribution < 1.29 is 14.3 Å². The highest BCUT2D eigenvalue weighted by molar-refractivity contribution is 5.68. The zero-order valence-electron chi connectivity index (χ0n) is 15.5. The number of primary amides is 1. The van der Waals surface area contributed by atoms with Crippen molar-refractivity contribution >= 4 is 6.09 Å². The van der Waals surface area contributed by atoms with Gasteiger partial charge in [-0.15, -0.1) is 0 Å². The van der Waals surface area contributed by atoms with Crippen molar-refractivity contribution in [2.45, 2.75) is 39.7 Å². The Balaban J connectivity index is 2.13. The van der Waals surface area contributed by atoms with Crippen LogP contribution in [-0.4, -0.2) is 33.2 Å². The fourth-order valence-electron chi connectivity index (χ4n) is 2.73. The molecule has 0 aliphatic rings. The van der Waals surface area contributed by atoms with E-state index in [0.29, 0.717) is 24.1 Å². The molecule has 1 amide bonds. The molecule has 26 heavy (non-hydrogen) atoms. The van der Waals surface area contributed by atoms with Gasteiger partial charge in [-0.05, 0) is 32.3 Å². The first-order chi connectivity index (χ1) is 12.2. The van der Waals surface area contributed by atoms with Gasteiger partial charge in [0.1, 0.15) is 12.9 Å². The number of hydrogen-bond donors (Lipinski definition) is 2. The summed E-state index contributed by atoms with van der Waals surface area (Å²) >= 11 is 0. The Morgan fingerprint density at radius 2 is 2.00 bits per heavy atom. The van der Waals surface area contributed by atoms with Gasteiger partial charge in [-0.1, -0.05) is 13.8 Å². The summed E-state index contributed by atoms with van der Waals surface area (Å²) in [6, 6.07) is 3.40. The third kappa shape index (κ3) is 5.66. The second-order valence-corrected chi connectivity index (χ2v) is 7.05. The van der Waals surface area contributed by atoms with E-state index in [-0.39, 0.29) is 5.88 Å². The number of rotatable bonds is 7. The lowest BCUT2D eigenvalue weighted by Crippen LogP contribution is -2.43. The molecule has 0 aromatic carbocycles. The van der Waals surface area contributed by atoms with Crippen LogP contribution in [0.25, 0.3) is 11.3 Å². The number of carbonyl (C=O) groups excluding carboxylic acids is 1. The monoisotopic (exact) mass is 359 g/mol. The molecule has 0 saturated carbocycles. The highest BCUT2D eigenvalue weighted by Crippen LogP contribution is 2.25. The van der Waals surface area contributed by atoms with Crippen LogP contribution in [0, 0.1) is 12.8 Å². The maximum atomic E-state index is 10.8. The molecule has 2 rings (SSSR count). The van der Waals surface area contributed by atoms with Crippen molar-refractivity contribution in [3.05, 3.63) is 30.2 Å². The number of hydrogen-bond acceptors (Lipinski definition) is 7. The first-order valence-corrected chi connectivity index (χ1v) is 8.34. The summed E-state index contributed by atoms with van der Waals surface area (Å²) in [5.74, 6) is 1.09. The molecule has 1 unspecified atom stereocenters. The van der Waals surface area contributed by atoms with Crippen LogP contribution in [0.3, 0.4) is 0 Å². The smallest absolute Gasteiger partial charge is 0.411 e. The van der Waals surface area contributed by atoms with E-state index in [4.69, 9.17) is 20.9 Å². The number of amides is 1. The second-order valence-electron chi connectivity index (χ2n) is 7.05. The average Bonchev–Trinajstić information content (AvgIpc) is 2.52. The zero-order chi connectivity index (χ0) is 19.3. The first-order valence-electron chi connectivity index (χ1n) is 8.34. The van der Waals surface area contributed by atoms with Crippen molar-refractivity contribution in [1.29, 1.82) is 0 Å². The Morgan fingerprint density at radius 1 is 1.27 bits per heavy atom. The fourth-order valence-corrected chi connectivity index (χ4v) is 2.73. The molecule has 4 N–H and O–H groups in total. The van der Waals surface area contributed by atoms with E-state index in [2.05, 4.69) is 28.8 Å². The molecule has 0 aliphatic heterocycles. The molecule has 0 saturated heterocycles. The lowest BCUT2D eigenvalue weighted by atomic mass is 9.93. The molecule has 2 heterocycles. The molecule has 0 radical (unpaired) electrons. The predicted molar refractivity (Wildman–Crippen MR) is 97.8 cm³/mol. The molecule has 0 bridgehead atoms. The minimum absolute atomic E-state index is 0.0769. The van der Waals surface area contributed by atoms with Crippen LogP contribution in [-0.2, 0) is 0 Å². The van der Waals surface area contributed by atoms with E-state index >= 15 is 0 Å². The fraction of sp³-hybridized carbons (Fsp3) is 0.444. The minimum Gasteiger partial charge on any atom is -0.476 e.